The zero-order chi connectivity index (χ0) is 16.8. The molecule has 0 atom stereocenters. The molecule has 0 aliphatic rings. The number of aryl methyl sites for hydroxylation is 1. The van der Waals surface area contributed by atoms with Crippen LogP contribution in [0.1, 0.15) is 23.7 Å². The molecule has 0 radical (unpaired) electrons. The van der Waals surface area contributed by atoms with Crippen LogP contribution < -0.4 is 5.43 Å². The number of aromatic nitrogens is 2. The Bertz CT molecular complexity index is 711. The Hall–Kier alpha value is -2.05. The van der Waals surface area contributed by atoms with Crippen molar-refractivity contribution < 1.29 is 9.53 Å². The summed E-state index contributed by atoms with van der Waals surface area (Å²) in [5.41, 5.74) is 4.61. The van der Waals surface area contributed by atoms with E-state index in [-0.39, 0.29) is 6.61 Å². The molecule has 0 saturated heterocycles. The summed E-state index contributed by atoms with van der Waals surface area (Å²) in [4.78, 5) is 11.2. The van der Waals surface area contributed by atoms with E-state index in [1.54, 1.807) is 11.6 Å². The molecule has 0 aliphatic carbocycles. The molecule has 1 aromatic carbocycles. The molecule has 6 nitrogen and oxygen atoms in total. The molecule has 0 unspecified atom stereocenters. The third-order valence-corrected chi connectivity index (χ3v) is 3.63. The van der Waals surface area contributed by atoms with Crippen LogP contribution in [-0.4, -0.2) is 28.7 Å². The maximum absolute atomic E-state index is 11.2. The SMILES string of the molecule is CCOC(=O)N/N=C/c1c(C)nn(Cc2ccc(Cl)cc2)c1Cl. The van der Waals surface area contributed by atoms with Crippen LogP contribution in [0.5, 0.6) is 0 Å². The van der Waals surface area contributed by atoms with Gasteiger partial charge in [-0.1, -0.05) is 35.3 Å². The summed E-state index contributed by atoms with van der Waals surface area (Å²) in [5, 5.41) is 9.30. The highest BCUT2D eigenvalue weighted by Crippen LogP contribution is 2.19. The van der Waals surface area contributed by atoms with Gasteiger partial charge in [0.1, 0.15) is 5.15 Å². The first-order chi connectivity index (χ1) is 11.0. The van der Waals surface area contributed by atoms with Gasteiger partial charge in [0.2, 0.25) is 0 Å². The van der Waals surface area contributed by atoms with Gasteiger partial charge in [-0.05, 0) is 31.5 Å². The highest BCUT2D eigenvalue weighted by Gasteiger charge is 2.12. The fourth-order valence-corrected chi connectivity index (χ4v) is 2.30. The topological polar surface area (TPSA) is 68.5 Å². The molecular formula is C15H16Cl2N4O2. The third-order valence-electron chi connectivity index (χ3n) is 2.98. The molecule has 0 aliphatic heterocycles. The zero-order valence-corrected chi connectivity index (χ0v) is 14.2. The van der Waals surface area contributed by atoms with Crippen molar-refractivity contribution in [1.29, 1.82) is 0 Å². The summed E-state index contributed by atoms with van der Waals surface area (Å²) in [5.74, 6) is 0. The number of nitrogens with zero attached hydrogens (tertiary/aromatic N) is 3. The molecule has 1 aromatic heterocycles. The maximum Gasteiger partial charge on any atom is 0.427 e. The first kappa shape index (κ1) is 17.3. The maximum atomic E-state index is 11.2. The average Bonchev–Trinajstić information content (AvgIpc) is 2.77. The monoisotopic (exact) mass is 354 g/mol. The van der Waals surface area contributed by atoms with Crippen molar-refractivity contribution >= 4 is 35.5 Å². The van der Waals surface area contributed by atoms with E-state index in [4.69, 9.17) is 27.9 Å². The fourth-order valence-electron chi connectivity index (χ4n) is 1.89. The quantitative estimate of drug-likeness (QED) is 0.658. The summed E-state index contributed by atoms with van der Waals surface area (Å²) in [7, 11) is 0. The van der Waals surface area contributed by atoms with Gasteiger partial charge in [-0.25, -0.2) is 14.9 Å². The average molecular weight is 355 g/mol. The van der Waals surface area contributed by atoms with Crippen molar-refractivity contribution in [3.8, 4) is 0 Å². The summed E-state index contributed by atoms with van der Waals surface area (Å²) >= 11 is 12.2. The number of carbonyl (C=O) groups excluding carboxylic acids is 1. The predicted octanol–water partition coefficient (Wildman–Crippen LogP) is 3.63. The van der Waals surface area contributed by atoms with Crippen LogP contribution in [0.25, 0.3) is 0 Å². The fraction of sp³-hybridized carbons (Fsp3) is 0.267. The van der Waals surface area contributed by atoms with Gasteiger partial charge in [0, 0.05) is 5.02 Å². The van der Waals surface area contributed by atoms with E-state index in [0.717, 1.165) is 5.56 Å². The number of hydrazone groups is 1. The molecule has 2 rings (SSSR count). The van der Waals surface area contributed by atoms with E-state index < -0.39 is 6.09 Å². The second kappa shape index (κ2) is 7.99. The van der Waals surface area contributed by atoms with Crippen molar-refractivity contribution in [2.45, 2.75) is 20.4 Å². The van der Waals surface area contributed by atoms with E-state index in [9.17, 15) is 4.79 Å². The lowest BCUT2D eigenvalue weighted by Crippen LogP contribution is -2.18. The standard InChI is InChI=1S/C15H16Cl2N4O2/c1-3-23-15(22)19-18-8-13-10(2)20-21(14(13)17)9-11-4-6-12(16)7-5-11/h4-8H,3,9H2,1-2H3,(H,19,22)/b18-8+. The minimum absolute atomic E-state index is 0.278. The Balaban J connectivity index is 2.11. The van der Waals surface area contributed by atoms with Gasteiger partial charge in [-0.3, -0.25) is 0 Å². The van der Waals surface area contributed by atoms with Crippen molar-refractivity contribution in [2.24, 2.45) is 5.10 Å². The lowest BCUT2D eigenvalue weighted by atomic mass is 10.2. The lowest BCUT2D eigenvalue weighted by molar-refractivity contribution is 0.152. The number of ether oxygens (including phenoxy) is 1. The number of benzene rings is 1. The van der Waals surface area contributed by atoms with Gasteiger partial charge in [0.05, 0.1) is 30.6 Å². The number of hydrogen-bond acceptors (Lipinski definition) is 4. The van der Waals surface area contributed by atoms with Gasteiger partial charge in [-0.15, -0.1) is 0 Å². The zero-order valence-electron chi connectivity index (χ0n) is 12.7. The number of amides is 1. The Morgan fingerprint density at radius 1 is 1.39 bits per heavy atom. The minimum atomic E-state index is -0.619. The minimum Gasteiger partial charge on any atom is -0.449 e. The van der Waals surface area contributed by atoms with Crippen LogP contribution >= 0.6 is 23.2 Å². The van der Waals surface area contributed by atoms with Crippen LogP contribution in [0, 0.1) is 6.92 Å². The molecule has 23 heavy (non-hydrogen) atoms. The van der Waals surface area contributed by atoms with Crippen LogP contribution in [0.2, 0.25) is 10.2 Å². The first-order valence-electron chi connectivity index (χ1n) is 6.94. The molecule has 0 bridgehead atoms. The molecule has 122 valence electrons. The molecule has 1 N–H and O–H groups in total. The van der Waals surface area contributed by atoms with E-state index in [2.05, 4.69) is 15.6 Å². The molecule has 1 amide bonds. The summed E-state index contributed by atoms with van der Waals surface area (Å²) < 4.78 is 6.36. The smallest absolute Gasteiger partial charge is 0.427 e. The molecule has 8 heteroatoms. The van der Waals surface area contributed by atoms with Crippen molar-refractivity contribution in [3.05, 3.63) is 51.3 Å². The predicted molar refractivity (Wildman–Crippen MR) is 90.3 cm³/mol. The number of rotatable bonds is 5. The van der Waals surface area contributed by atoms with E-state index in [0.29, 0.717) is 28.0 Å². The van der Waals surface area contributed by atoms with Gasteiger partial charge >= 0.3 is 6.09 Å². The van der Waals surface area contributed by atoms with Crippen molar-refractivity contribution in [1.82, 2.24) is 15.2 Å². The number of hydrogen-bond donors (Lipinski definition) is 1. The van der Waals surface area contributed by atoms with Gasteiger partial charge < -0.3 is 4.74 Å². The highest BCUT2D eigenvalue weighted by molar-refractivity contribution is 6.32. The Labute approximate surface area is 144 Å². The van der Waals surface area contributed by atoms with E-state index in [1.165, 1.54) is 6.21 Å². The number of nitrogens with one attached hydrogen (secondary N) is 1. The normalized spacial score (nSPS) is 11.0. The summed E-state index contributed by atoms with van der Waals surface area (Å²) in [6.07, 6.45) is 0.825. The highest BCUT2D eigenvalue weighted by atomic mass is 35.5. The summed E-state index contributed by atoms with van der Waals surface area (Å²) in [6.45, 7) is 4.32. The van der Waals surface area contributed by atoms with Crippen molar-refractivity contribution in [3.63, 3.8) is 0 Å². The van der Waals surface area contributed by atoms with Gasteiger partial charge in [0.15, 0.2) is 0 Å². The van der Waals surface area contributed by atoms with Crippen LogP contribution in [0.3, 0.4) is 0 Å². The Morgan fingerprint density at radius 2 is 2.09 bits per heavy atom. The van der Waals surface area contributed by atoms with Crippen molar-refractivity contribution in [2.75, 3.05) is 6.61 Å². The Morgan fingerprint density at radius 3 is 2.74 bits per heavy atom. The molecule has 0 fully saturated rings. The Kier molecular flexibility index (Phi) is 6.01. The number of carbonyl (C=O) groups is 1. The third kappa shape index (κ3) is 4.71. The van der Waals surface area contributed by atoms with Crippen LogP contribution in [-0.2, 0) is 11.3 Å². The van der Waals surface area contributed by atoms with Crippen LogP contribution in [0.15, 0.2) is 29.4 Å². The second-order valence-electron chi connectivity index (χ2n) is 4.66. The summed E-state index contributed by atoms with van der Waals surface area (Å²) in [6, 6.07) is 7.44. The van der Waals surface area contributed by atoms with E-state index >= 15 is 0 Å². The van der Waals surface area contributed by atoms with Gasteiger partial charge in [-0.2, -0.15) is 10.2 Å². The molecule has 0 spiro atoms. The van der Waals surface area contributed by atoms with Crippen LogP contribution in [0.4, 0.5) is 4.79 Å². The second-order valence-corrected chi connectivity index (χ2v) is 5.46. The largest absolute Gasteiger partial charge is 0.449 e. The molecule has 1 heterocycles. The van der Waals surface area contributed by atoms with E-state index in [1.807, 2.05) is 31.2 Å². The lowest BCUT2D eigenvalue weighted by Gasteiger charge is -2.03. The number of halogens is 2. The molecule has 2 aromatic rings. The van der Waals surface area contributed by atoms with Gasteiger partial charge in [0.25, 0.3) is 0 Å². The molecular weight excluding hydrogens is 339 g/mol. The molecule has 0 saturated carbocycles. The first-order valence-corrected chi connectivity index (χ1v) is 7.70.